The van der Waals surface area contributed by atoms with Gasteiger partial charge in [0, 0.05) is 79.8 Å². The van der Waals surface area contributed by atoms with E-state index in [1.54, 1.807) is 68.8 Å². The number of aromatic hydroxyl groups is 1. The zero-order chi connectivity index (χ0) is 44.7. The van der Waals surface area contributed by atoms with E-state index in [0.717, 1.165) is 6.26 Å². The number of carbonyl (C=O) groups excluding carboxylic acids is 3. The SMILES string of the molecule is CO[C@H]1/C=C/O[C@@](C)(O)C(O)=C2c3c4c(O)c(c5c3nc3cc(C=NC(C)C)ccn35)NC(=O)/C(C)=C\C=C\[C@H](C)[C@H](O)[C@@H](C)[C@@H](O)[C@@H](C)[C@H](OC(C)=O)[C@@H]1CC2C#CC4=O. The third-order valence-electron chi connectivity index (χ3n) is 11.8. The maximum absolute atomic E-state index is 14.4. The number of fused-ring (bicyclic) bond motifs is 6. The second-order valence-electron chi connectivity index (χ2n) is 16.6. The Morgan fingerprint density at radius 3 is 2.52 bits per heavy atom. The number of aromatic nitrogens is 2. The summed E-state index contributed by atoms with van der Waals surface area (Å²) in [5, 5.41) is 62.6. The van der Waals surface area contributed by atoms with Gasteiger partial charge in [-0.15, -0.1) is 0 Å². The van der Waals surface area contributed by atoms with Gasteiger partial charge in [0.15, 0.2) is 11.5 Å². The zero-order valence-corrected chi connectivity index (χ0v) is 35.7. The molecule has 324 valence electrons. The molecule has 6 N–H and O–H groups in total. The molecule has 3 aliphatic rings. The Hall–Kier alpha value is -5.79. The minimum absolute atomic E-state index is 0.00525. The molecule has 2 aromatic heterocycles. The molecule has 1 aliphatic carbocycles. The third-order valence-corrected chi connectivity index (χ3v) is 11.8. The number of hydrogen-bond acceptors (Lipinski definition) is 13. The lowest BCUT2D eigenvalue weighted by Gasteiger charge is -2.40. The van der Waals surface area contributed by atoms with Crippen LogP contribution in [-0.2, 0) is 23.8 Å². The highest BCUT2D eigenvalue weighted by atomic mass is 16.6. The zero-order valence-electron chi connectivity index (χ0n) is 35.7. The molecule has 3 aromatic rings. The summed E-state index contributed by atoms with van der Waals surface area (Å²) in [6, 6.07) is 3.48. The number of nitrogens with zero attached hydrogens (tertiary/aromatic N) is 3. The van der Waals surface area contributed by atoms with Crippen molar-refractivity contribution in [2.24, 2.45) is 34.6 Å². The van der Waals surface area contributed by atoms with Crippen LogP contribution in [0.5, 0.6) is 5.75 Å². The number of phenols is 1. The number of aliphatic imine (C=N–C) groups is 1. The molecule has 2 aliphatic heterocycles. The molecule has 0 radical (unpaired) electrons. The molecule has 61 heavy (non-hydrogen) atoms. The van der Waals surface area contributed by atoms with Crippen LogP contribution in [0.2, 0.25) is 0 Å². The van der Waals surface area contributed by atoms with E-state index in [2.05, 4.69) is 22.2 Å². The molecule has 15 nitrogen and oxygen atoms in total. The number of aliphatic hydroxyl groups excluding tert-OH is 3. The van der Waals surface area contributed by atoms with Crippen LogP contribution in [0.4, 0.5) is 5.69 Å². The highest BCUT2D eigenvalue weighted by Gasteiger charge is 2.46. The summed E-state index contributed by atoms with van der Waals surface area (Å²) < 4.78 is 19.4. The predicted molar refractivity (Wildman–Crippen MR) is 229 cm³/mol. The largest absolute Gasteiger partial charge is 0.506 e. The number of amides is 1. The number of ether oxygens (including phenoxy) is 3. The average molecular weight is 839 g/mol. The van der Waals surface area contributed by atoms with Crippen molar-refractivity contribution in [3.63, 3.8) is 0 Å². The normalized spacial score (nSPS) is 32.0. The number of methoxy groups -OCH3 is 1. The van der Waals surface area contributed by atoms with E-state index in [-0.39, 0.29) is 45.9 Å². The first-order valence-corrected chi connectivity index (χ1v) is 20.3. The molecule has 0 fully saturated rings. The molecule has 0 spiro atoms. The number of phenolic OH excluding ortho intramolecular Hbond substituents is 1. The predicted octanol–water partition coefficient (Wildman–Crippen LogP) is 5.40. The number of allylic oxidation sites excluding steroid dienone is 3. The molecule has 1 aromatic carbocycles. The van der Waals surface area contributed by atoms with Crippen molar-refractivity contribution in [3.8, 4) is 17.6 Å². The number of pyridine rings is 1. The van der Waals surface area contributed by atoms with Gasteiger partial charge in [0.1, 0.15) is 28.5 Å². The van der Waals surface area contributed by atoms with Crippen molar-refractivity contribution in [2.75, 3.05) is 12.4 Å². The summed E-state index contributed by atoms with van der Waals surface area (Å²) in [7, 11) is 1.42. The number of esters is 1. The van der Waals surface area contributed by atoms with E-state index in [4.69, 9.17) is 19.2 Å². The number of ketones is 1. The van der Waals surface area contributed by atoms with Gasteiger partial charge in [-0.25, -0.2) is 4.98 Å². The number of nitrogens with one attached hydrogen (secondary N) is 1. The number of benzene rings is 1. The first-order valence-electron chi connectivity index (χ1n) is 20.3. The standard InChI is InChI=1S/C46H54N4O11/c1-22(2)47-21-28-15-17-50-33(19-28)48-37-36-34-29-13-14-31(52)35(36)42(55)38(39(37)50)49-45(57)24(4)12-10-11-23(3)40(53)25(5)41(54)26(6)43(61-27(7)51)30(20-29)32(59-9)16-18-60-46(8,58)44(34)56/h10-12,15-19,21-23,25-26,29-30,32,40-41,43,53-56,58H,20H2,1-9H3,(H,49,57)/b11-10+,18-16+,24-12-,44-34?,47-21?/t23-,25+,26+,29?,30+,32-,40-,41+,43-,46+/m0/s1. The Morgan fingerprint density at radius 2 is 1.85 bits per heavy atom. The van der Waals surface area contributed by atoms with Gasteiger partial charge in [-0.05, 0) is 56.9 Å². The lowest BCUT2D eigenvalue weighted by Crippen LogP contribution is -2.48. The second kappa shape index (κ2) is 17.7. The van der Waals surface area contributed by atoms with Gasteiger partial charge < -0.3 is 45.1 Å². The molecule has 0 saturated heterocycles. The minimum atomic E-state index is -2.46. The summed E-state index contributed by atoms with van der Waals surface area (Å²) >= 11 is 0. The third kappa shape index (κ3) is 8.72. The molecule has 1 unspecified atom stereocenters. The first-order chi connectivity index (χ1) is 28.8. The Kier molecular flexibility index (Phi) is 13.0. The summed E-state index contributed by atoms with van der Waals surface area (Å²) in [5.41, 5.74) is 0.553. The fourth-order valence-corrected chi connectivity index (χ4v) is 8.37. The smallest absolute Gasteiger partial charge is 0.302 e. The van der Waals surface area contributed by atoms with Crippen LogP contribution in [0.3, 0.4) is 0 Å². The summed E-state index contributed by atoms with van der Waals surface area (Å²) in [6.45, 7) is 12.9. The van der Waals surface area contributed by atoms with Crippen LogP contribution < -0.4 is 5.32 Å². The highest BCUT2D eigenvalue weighted by molar-refractivity contribution is 6.22. The lowest BCUT2D eigenvalue weighted by atomic mass is 9.73. The molecule has 6 rings (SSSR count). The lowest BCUT2D eigenvalue weighted by molar-refractivity contribution is -0.162. The van der Waals surface area contributed by atoms with Crippen LogP contribution in [0.1, 0.15) is 83.3 Å². The number of rotatable bonds is 4. The van der Waals surface area contributed by atoms with E-state index in [1.165, 1.54) is 33.1 Å². The summed E-state index contributed by atoms with van der Waals surface area (Å²) in [4.78, 5) is 50.7. The van der Waals surface area contributed by atoms with Crippen LogP contribution in [0, 0.1) is 41.4 Å². The maximum atomic E-state index is 14.4. The van der Waals surface area contributed by atoms with E-state index in [9.17, 15) is 39.9 Å². The maximum Gasteiger partial charge on any atom is 0.302 e. The van der Waals surface area contributed by atoms with E-state index < -0.39 is 94.5 Å². The van der Waals surface area contributed by atoms with E-state index in [0.29, 0.717) is 11.2 Å². The highest BCUT2D eigenvalue weighted by Crippen LogP contribution is 2.49. The van der Waals surface area contributed by atoms with Gasteiger partial charge in [0.05, 0.1) is 36.1 Å². The van der Waals surface area contributed by atoms with Gasteiger partial charge in [-0.1, -0.05) is 44.9 Å². The van der Waals surface area contributed by atoms with E-state index in [1.807, 2.05) is 13.8 Å². The second-order valence-corrected chi connectivity index (χ2v) is 16.6. The number of carbonyl (C=O) groups is 3. The van der Waals surface area contributed by atoms with Crippen LogP contribution in [0.15, 0.2) is 65.2 Å². The number of Topliss-reactive ketones (excluding diaryl/α,β-unsaturated/α-hetero) is 1. The Morgan fingerprint density at radius 1 is 1.13 bits per heavy atom. The first kappa shape index (κ1) is 44.8. The van der Waals surface area contributed by atoms with Crippen molar-refractivity contribution >= 4 is 51.8 Å². The van der Waals surface area contributed by atoms with Crippen molar-refractivity contribution in [3.05, 3.63) is 76.9 Å². The number of aliphatic hydroxyl groups is 4. The molecule has 0 saturated carbocycles. The van der Waals surface area contributed by atoms with Gasteiger partial charge >= 0.3 is 5.97 Å². The van der Waals surface area contributed by atoms with Crippen molar-refractivity contribution < 1.29 is 54.1 Å². The molecule has 10 atom stereocenters. The van der Waals surface area contributed by atoms with Crippen LogP contribution >= 0.6 is 0 Å². The molecule has 1 amide bonds. The molecule has 4 heterocycles. The summed E-state index contributed by atoms with van der Waals surface area (Å²) in [5.74, 6) is -4.76. The molecule has 6 bridgehead atoms. The average Bonchev–Trinajstić information content (AvgIpc) is 3.52. The van der Waals surface area contributed by atoms with Crippen molar-refractivity contribution in [1.82, 2.24) is 9.38 Å². The summed E-state index contributed by atoms with van der Waals surface area (Å²) in [6.07, 6.45) is 6.21. The van der Waals surface area contributed by atoms with Crippen molar-refractivity contribution in [2.45, 2.75) is 98.1 Å². The van der Waals surface area contributed by atoms with E-state index >= 15 is 0 Å². The Balaban J connectivity index is 1.76. The fraction of sp³-hybridized carbons (Fsp3) is 0.457. The van der Waals surface area contributed by atoms with Gasteiger partial charge in [-0.2, -0.15) is 0 Å². The topological polar surface area (TPSA) is 222 Å². The Bertz CT molecular complexity index is 2460. The van der Waals surface area contributed by atoms with Gasteiger partial charge in [0.25, 0.3) is 11.7 Å². The van der Waals surface area contributed by atoms with Gasteiger partial charge in [-0.3, -0.25) is 23.8 Å². The molecular weight excluding hydrogens is 785 g/mol. The fourth-order valence-electron chi connectivity index (χ4n) is 8.37. The number of anilines is 1. The Labute approximate surface area is 354 Å². The molecular formula is C46H54N4O11. The minimum Gasteiger partial charge on any atom is -0.506 e. The number of imidazole rings is 1. The van der Waals surface area contributed by atoms with Crippen molar-refractivity contribution in [1.29, 1.82) is 0 Å². The number of hydrogen-bond donors (Lipinski definition) is 6. The molecule has 15 heteroatoms. The van der Waals surface area contributed by atoms with Gasteiger partial charge in [0.2, 0.25) is 5.78 Å². The quantitative estimate of drug-likeness (QED) is 0.0640. The monoisotopic (exact) mass is 838 g/mol. The van der Waals surface area contributed by atoms with Crippen LogP contribution in [-0.4, -0.2) is 102 Å². The van der Waals surface area contributed by atoms with Crippen LogP contribution in [0.25, 0.3) is 22.3 Å².